The third kappa shape index (κ3) is 1.38. The van der Waals surface area contributed by atoms with Gasteiger partial charge in [-0.3, -0.25) is 4.98 Å². The fraction of sp³-hybridized carbons (Fsp3) is 0.455. The number of hydrogen-bond donors (Lipinski definition) is 1. The van der Waals surface area contributed by atoms with Crippen LogP contribution in [-0.4, -0.2) is 10.1 Å². The lowest BCUT2D eigenvalue weighted by atomic mass is 9.92. The molecule has 14 heavy (non-hydrogen) atoms. The van der Waals surface area contributed by atoms with E-state index < -0.39 is 6.10 Å². The highest BCUT2D eigenvalue weighted by molar-refractivity contribution is 5.39. The van der Waals surface area contributed by atoms with Crippen molar-refractivity contribution < 1.29 is 5.11 Å². The van der Waals surface area contributed by atoms with Crippen molar-refractivity contribution in [1.82, 2.24) is 4.98 Å². The molecule has 1 aromatic heterocycles. The lowest BCUT2D eigenvalue weighted by Crippen LogP contribution is -2.12. The maximum atomic E-state index is 9.70. The summed E-state index contributed by atoms with van der Waals surface area (Å²) in [5, 5.41) is 18.5. The van der Waals surface area contributed by atoms with Crippen LogP contribution in [0.3, 0.4) is 0 Å². The van der Waals surface area contributed by atoms with E-state index in [4.69, 9.17) is 5.26 Å². The molecule has 0 fully saturated rings. The molecule has 1 N–H and O–H groups in total. The molecule has 1 unspecified atom stereocenters. The van der Waals surface area contributed by atoms with Crippen molar-refractivity contribution in [2.24, 2.45) is 0 Å². The summed E-state index contributed by atoms with van der Waals surface area (Å²) >= 11 is 0. The van der Waals surface area contributed by atoms with Crippen LogP contribution in [0.25, 0.3) is 0 Å². The van der Waals surface area contributed by atoms with E-state index in [9.17, 15) is 5.11 Å². The van der Waals surface area contributed by atoms with Crippen LogP contribution in [0.2, 0.25) is 0 Å². The van der Waals surface area contributed by atoms with Gasteiger partial charge in [-0.25, -0.2) is 0 Å². The number of nitriles is 1. The maximum absolute atomic E-state index is 9.70. The number of nitrogens with zero attached hydrogens (tertiary/aromatic N) is 2. The number of aliphatic hydroxyl groups excluding tert-OH is 1. The van der Waals surface area contributed by atoms with E-state index in [0.717, 1.165) is 30.5 Å². The molecule has 0 saturated heterocycles. The molecule has 1 aliphatic rings. The molecule has 0 aromatic carbocycles. The van der Waals surface area contributed by atoms with Gasteiger partial charge in [-0.2, -0.15) is 5.26 Å². The second-order valence-corrected chi connectivity index (χ2v) is 3.69. The van der Waals surface area contributed by atoms with Gasteiger partial charge < -0.3 is 5.11 Å². The molecule has 0 spiro atoms. The van der Waals surface area contributed by atoms with Gasteiger partial charge in [0, 0.05) is 0 Å². The van der Waals surface area contributed by atoms with E-state index in [1.807, 2.05) is 6.07 Å². The summed E-state index contributed by atoms with van der Waals surface area (Å²) in [6.45, 7) is 1.81. The third-order valence-electron chi connectivity index (χ3n) is 2.69. The standard InChI is InChI=1S/C11H12N2O/c1-7-9(6-12)5-8-3-2-4-10(14)11(8)13-7/h5,10,14H,2-4H2,1H3. The predicted molar refractivity (Wildman–Crippen MR) is 51.6 cm³/mol. The van der Waals surface area contributed by atoms with E-state index >= 15 is 0 Å². The molecular formula is C11H12N2O. The lowest BCUT2D eigenvalue weighted by Gasteiger charge is -2.20. The SMILES string of the molecule is Cc1nc2c(cc1C#N)CCCC2O. The van der Waals surface area contributed by atoms with Gasteiger partial charge >= 0.3 is 0 Å². The Kier molecular flexibility index (Phi) is 2.22. The van der Waals surface area contributed by atoms with E-state index in [-0.39, 0.29) is 0 Å². The molecule has 0 amide bonds. The van der Waals surface area contributed by atoms with E-state index in [1.165, 1.54) is 0 Å². The summed E-state index contributed by atoms with van der Waals surface area (Å²) in [5.41, 5.74) is 3.14. The number of hydrogen-bond acceptors (Lipinski definition) is 3. The summed E-state index contributed by atoms with van der Waals surface area (Å²) in [6, 6.07) is 3.98. The highest BCUT2D eigenvalue weighted by atomic mass is 16.3. The molecule has 1 atom stereocenters. The minimum absolute atomic E-state index is 0.440. The summed E-state index contributed by atoms with van der Waals surface area (Å²) in [7, 11) is 0. The van der Waals surface area contributed by atoms with Gasteiger partial charge in [0.05, 0.1) is 23.1 Å². The number of rotatable bonds is 0. The Morgan fingerprint density at radius 2 is 2.43 bits per heavy atom. The first kappa shape index (κ1) is 9.17. The normalized spacial score (nSPS) is 19.9. The van der Waals surface area contributed by atoms with Gasteiger partial charge in [0.2, 0.25) is 0 Å². The Labute approximate surface area is 83.0 Å². The molecule has 0 bridgehead atoms. The van der Waals surface area contributed by atoms with Gasteiger partial charge in [0.15, 0.2) is 0 Å². The minimum atomic E-state index is -0.440. The first-order chi connectivity index (χ1) is 6.72. The molecule has 1 heterocycles. The Morgan fingerprint density at radius 1 is 1.64 bits per heavy atom. The number of aryl methyl sites for hydroxylation is 2. The average Bonchev–Trinajstić information content (AvgIpc) is 2.19. The zero-order valence-electron chi connectivity index (χ0n) is 8.12. The molecule has 0 saturated carbocycles. The number of pyridine rings is 1. The quantitative estimate of drug-likeness (QED) is 0.673. The molecular weight excluding hydrogens is 176 g/mol. The van der Waals surface area contributed by atoms with E-state index in [1.54, 1.807) is 6.92 Å². The molecule has 2 rings (SSSR count). The van der Waals surface area contributed by atoms with Gasteiger partial charge in [-0.05, 0) is 37.8 Å². The molecule has 0 radical (unpaired) electrons. The predicted octanol–water partition coefficient (Wildman–Crippen LogP) is 1.63. The minimum Gasteiger partial charge on any atom is -0.387 e. The Morgan fingerprint density at radius 3 is 3.14 bits per heavy atom. The van der Waals surface area contributed by atoms with Gasteiger partial charge in [0.25, 0.3) is 0 Å². The number of aromatic nitrogens is 1. The van der Waals surface area contributed by atoms with Crippen LogP contribution in [0.1, 0.15) is 41.5 Å². The zero-order chi connectivity index (χ0) is 10.1. The third-order valence-corrected chi connectivity index (χ3v) is 2.69. The van der Waals surface area contributed by atoms with Gasteiger partial charge in [-0.15, -0.1) is 0 Å². The van der Waals surface area contributed by atoms with Crippen molar-refractivity contribution in [3.8, 4) is 6.07 Å². The number of fused-ring (bicyclic) bond motifs is 1. The van der Waals surface area contributed by atoms with E-state index in [2.05, 4.69) is 11.1 Å². The van der Waals surface area contributed by atoms with E-state index in [0.29, 0.717) is 11.3 Å². The highest BCUT2D eigenvalue weighted by Gasteiger charge is 2.20. The first-order valence-electron chi connectivity index (χ1n) is 4.81. The van der Waals surface area contributed by atoms with Crippen molar-refractivity contribution in [2.75, 3.05) is 0 Å². The summed E-state index contributed by atoms with van der Waals surface area (Å²) in [4.78, 5) is 4.29. The van der Waals surface area contributed by atoms with Crippen molar-refractivity contribution >= 4 is 0 Å². The summed E-state index contributed by atoms with van der Waals surface area (Å²) in [5.74, 6) is 0. The van der Waals surface area contributed by atoms with Crippen LogP contribution in [0.15, 0.2) is 6.07 Å². The van der Waals surface area contributed by atoms with Crippen LogP contribution in [0, 0.1) is 18.3 Å². The van der Waals surface area contributed by atoms with Crippen LogP contribution >= 0.6 is 0 Å². The van der Waals surface area contributed by atoms with Crippen molar-refractivity contribution in [3.63, 3.8) is 0 Å². The highest BCUT2D eigenvalue weighted by Crippen LogP contribution is 2.29. The van der Waals surface area contributed by atoms with Crippen LogP contribution in [0.4, 0.5) is 0 Å². The average molecular weight is 188 g/mol. The molecule has 72 valence electrons. The molecule has 3 heteroatoms. The topological polar surface area (TPSA) is 56.9 Å². The smallest absolute Gasteiger partial charge is 0.101 e. The van der Waals surface area contributed by atoms with Crippen molar-refractivity contribution in [1.29, 1.82) is 5.26 Å². The fourth-order valence-corrected chi connectivity index (χ4v) is 1.89. The summed E-state index contributed by atoms with van der Waals surface area (Å²) < 4.78 is 0. The Balaban J connectivity index is 2.55. The second-order valence-electron chi connectivity index (χ2n) is 3.69. The molecule has 1 aliphatic carbocycles. The Hall–Kier alpha value is -1.40. The first-order valence-corrected chi connectivity index (χ1v) is 4.81. The Bertz CT molecular complexity index is 406. The fourth-order valence-electron chi connectivity index (χ4n) is 1.89. The monoisotopic (exact) mass is 188 g/mol. The van der Waals surface area contributed by atoms with Crippen molar-refractivity contribution in [3.05, 3.63) is 28.6 Å². The van der Waals surface area contributed by atoms with Gasteiger partial charge in [0.1, 0.15) is 6.07 Å². The van der Waals surface area contributed by atoms with Crippen LogP contribution in [0.5, 0.6) is 0 Å². The van der Waals surface area contributed by atoms with Crippen molar-refractivity contribution in [2.45, 2.75) is 32.3 Å². The molecule has 0 aliphatic heterocycles. The number of aliphatic hydroxyl groups is 1. The summed E-state index contributed by atoms with van der Waals surface area (Å²) in [6.07, 6.45) is 2.24. The zero-order valence-corrected chi connectivity index (χ0v) is 8.12. The molecule has 3 nitrogen and oxygen atoms in total. The van der Waals surface area contributed by atoms with Gasteiger partial charge in [-0.1, -0.05) is 0 Å². The lowest BCUT2D eigenvalue weighted by molar-refractivity contribution is 0.151. The second kappa shape index (κ2) is 3.39. The van der Waals surface area contributed by atoms with Crippen LogP contribution < -0.4 is 0 Å². The molecule has 1 aromatic rings. The maximum Gasteiger partial charge on any atom is 0.101 e. The van der Waals surface area contributed by atoms with Crippen LogP contribution in [-0.2, 0) is 6.42 Å². The largest absolute Gasteiger partial charge is 0.387 e.